The highest BCUT2D eigenvalue weighted by atomic mass is 19.4. The zero-order chi connectivity index (χ0) is 22.5. The van der Waals surface area contributed by atoms with Crippen LogP contribution in [0.25, 0.3) is 0 Å². The highest BCUT2D eigenvalue weighted by Gasteiger charge is 2.47. The van der Waals surface area contributed by atoms with Gasteiger partial charge in [-0.2, -0.15) is 13.2 Å². The SMILES string of the molecule is Cc1cc(C2CC2)c(CN2CCC3(CC2)CN(c2ccccc2)C(=O)O3)cc1C(F)(F)F. The van der Waals surface area contributed by atoms with E-state index in [9.17, 15) is 18.0 Å². The standard InChI is InChI=1S/C25H27F3N2O2/c1-17-13-21(18-7-8-18)19(14-22(17)25(26,27)28)15-29-11-9-24(10-12-29)16-30(23(31)32-24)20-5-3-2-4-6-20/h2-6,13-14,18H,7-12,15-16H2,1H3. The average Bonchev–Trinajstić information content (AvgIpc) is 3.55. The molecule has 2 aromatic rings. The number of piperidine rings is 1. The Morgan fingerprint density at radius 2 is 1.78 bits per heavy atom. The third kappa shape index (κ3) is 4.10. The maximum atomic E-state index is 13.5. The Balaban J connectivity index is 1.29. The topological polar surface area (TPSA) is 32.8 Å². The van der Waals surface area contributed by atoms with Gasteiger partial charge in [-0.1, -0.05) is 24.3 Å². The maximum Gasteiger partial charge on any atom is 0.416 e. The third-order valence-corrected chi connectivity index (χ3v) is 7.01. The Labute approximate surface area is 186 Å². The van der Waals surface area contributed by atoms with Gasteiger partial charge in [-0.3, -0.25) is 9.80 Å². The van der Waals surface area contributed by atoms with Crippen LogP contribution in [0.5, 0.6) is 0 Å². The van der Waals surface area contributed by atoms with Crippen LogP contribution in [0.15, 0.2) is 42.5 Å². The first kappa shape index (κ1) is 21.3. The van der Waals surface area contributed by atoms with Gasteiger partial charge in [0.2, 0.25) is 0 Å². The van der Waals surface area contributed by atoms with Crippen molar-refractivity contribution in [3.8, 4) is 0 Å². The predicted octanol–water partition coefficient (Wildman–Crippen LogP) is 5.88. The minimum Gasteiger partial charge on any atom is -0.441 e. The molecule has 1 amide bonds. The molecular formula is C25H27F3N2O2. The second kappa shape index (κ2) is 7.80. The normalized spacial score (nSPS) is 21.2. The highest BCUT2D eigenvalue weighted by Crippen LogP contribution is 2.45. The van der Waals surface area contributed by atoms with Crippen molar-refractivity contribution in [3.05, 3.63) is 64.7 Å². The molecule has 1 spiro atoms. The highest BCUT2D eigenvalue weighted by molar-refractivity contribution is 5.90. The Bertz CT molecular complexity index is 1010. The van der Waals surface area contributed by atoms with Crippen molar-refractivity contribution in [3.63, 3.8) is 0 Å². The number of halogens is 3. The van der Waals surface area contributed by atoms with Crippen LogP contribution in [0, 0.1) is 6.92 Å². The summed E-state index contributed by atoms with van der Waals surface area (Å²) < 4.78 is 46.3. The number of alkyl halides is 3. The van der Waals surface area contributed by atoms with Crippen molar-refractivity contribution >= 4 is 11.8 Å². The van der Waals surface area contributed by atoms with Crippen molar-refractivity contribution in [1.29, 1.82) is 0 Å². The van der Waals surface area contributed by atoms with Crippen LogP contribution in [-0.4, -0.2) is 36.2 Å². The zero-order valence-electron chi connectivity index (χ0n) is 18.1. The predicted molar refractivity (Wildman–Crippen MR) is 116 cm³/mol. The number of hydrogen-bond acceptors (Lipinski definition) is 3. The van der Waals surface area contributed by atoms with Gasteiger partial charge in [0.15, 0.2) is 0 Å². The molecule has 1 saturated carbocycles. The largest absolute Gasteiger partial charge is 0.441 e. The molecule has 2 saturated heterocycles. The molecule has 7 heteroatoms. The summed E-state index contributed by atoms with van der Waals surface area (Å²) in [4.78, 5) is 16.4. The summed E-state index contributed by atoms with van der Waals surface area (Å²) in [5, 5.41) is 0. The number of hydrogen-bond donors (Lipinski definition) is 0. The van der Waals surface area contributed by atoms with E-state index in [1.165, 1.54) is 6.07 Å². The summed E-state index contributed by atoms with van der Waals surface area (Å²) in [6, 6.07) is 12.6. The molecular weight excluding hydrogens is 417 g/mol. The molecule has 2 aromatic carbocycles. The summed E-state index contributed by atoms with van der Waals surface area (Å²) in [6.45, 7) is 3.95. The molecule has 3 fully saturated rings. The van der Waals surface area contributed by atoms with Crippen LogP contribution < -0.4 is 4.90 Å². The monoisotopic (exact) mass is 444 g/mol. The summed E-state index contributed by atoms with van der Waals surface area (Å²) >= 11 is 0. The van der Waals surface area contributed by atoms with Crippen LogP contribution in [0.2, 0.25) is 0 Å². The minimum absolute atomic E-state index is 0.305. The quantitative estimate of drug-likeness (QED) is 0.590. The molecule has 2 aliphatic heterocycles. The van der Waals surface area contributed by atoms with Gasteiger partial charge >= 0.3 is 12.3 Å². The number of ether oxygens (including phenoxy) is 1. The Hall–Kier alpha value is -2.54. The van der Waals surface area contributed by atoms with Crippen LogP contribution in [0.1, 0.15) is 53.9 Å². The number of carbonyl (C=O) groups is 1. The molecule has 2 heterocycles. The number of carbonyl (C=O) groups excluding carboxylic acids is 1. The first-order valence-corrected chi connectivity index (χ1v) is 11.2. The molecule has 0 bridgehead atoms. The lowest BCUT2D eigenvalue weighted by atomic mass is 9.90. The van der Waals surface area contributed by atoms with Crippen molar-refractivity contribution in [1.82, 2.24) is 4.90 Å². The van der Waals surface area contributed by atoms with E-state index in [1.54, 1.807) is 17.9 Å². The van der Waals surface area contributed by atoms with E-state index in [4.69, 9.17) is 4.74 Å². The molecule has 3 aliphatic rings. The van der Waals surface area contributed by atoms with Crippen LogP contribution in [-0.2, 0) is 17.5 Å². The molecule has 32 heavy (non-hydrogen) atoms. The summed E-state index contributed by atoms with van der Waals surface area (Å²) in [7, 11) is 0. The number of nitrogens with zero attached hydrogens (tertiary/aromatic N) is 2. The van der Waals surface area contributed by atoms with E-state index in [2.05, 4.69) is 4.90 Å². The number of para-hydroxylation sites is 1. The van der Waals surface area contributed by atoms with Crippen LogP contribution in [0.4, 0.5) is 23.7 Å². The lowest BCUT2D eigenvalue weighted by molar-refractivity contribution is -0.138. The molecule has 5 rings (SSSR count). The Morgan fingerprint density at radius 1 is 1.09 bits per heavy atom. The molecule has 0 N–H and O–H groups in total. The zero-order valence-corrected chi connectivity index (χ0v) is 18.1. The van der Waals surface area contributed by atoms with Crippen LogP contribution in [0.3, 0.4) is 0 Å². The molecule has 170 valence electrons. The van der Waals surface area contributed by atoms with E-state index in [0.29, 0.717) is 50.5 Å². The minimum atomic E-state index is -4.34. The third-order valence-electron chi connectivity index (χ3n) is 7.01. The number of anilines is 1. The van der Waals surface area contributed by atoms with Crippen molar-refractivity contribution < 1.29 is 22.7 Å². The molecule has 0 unspecified atom stereocenters. The van der Waals surface area contributed by atoms with Gasteiger partial charge in [0.1, 0.15) is 5.60 Å². The van der Waals surface area contributed by atoms with Gasteiger partial charge in [-0.15, -0.1) is 0 Å². The van der Waals surface area contributed by atoms with Gasteiger partial charge in [-0.25, -0.2) is 4.79 Å². The van der Waals surface area contributed by atoms with E-state index in [0.717, 1.165) is 29.7 Å². The Kier molecular flexibility index (Phi) is 5.19. The first-order valence-electron chi connectivity index (χ1n) is 11.2. The molecule has 0 atom stereocenters. The Morgan fingerprint density at radius 3 is 2.41 bits per heavy atom. The molecule has 0 aromatic heterocycles. The fraction of sp³-hybridized carbons (Fsp3) is 0.480. The van der Waals surface area contributed by atoms with E-state index < -0.39 is 17.3 Å². The first-order chi connectivity index (χ1) is 15.2. The maximum absolute atomic E-state index is 13.5. The summed E-state index contributed by atoms with van der Waals surface area (Å²) in [5.74, 6) is 0.386. The molecule has 0 radical (unpaired) electrons. The van der Waals surface area contributed by atoms with Crippen molar-refractivity contribution in [2.75, 3.05) is 24.5 Å². The van der Waals surface area contributed by atoms with Crippen LogP contribution >= 0.6 is 0 Å². The number of rotatable bonds is 4. The summed E-state index contributed by atoms with van der Waals surface area (Å²) in [5.41, 5.74) is 1.93. The summed E-state index contributed by atoms with van der Waals surface area (Å²) in [6.07, 6.45) is -1.21. The fourth-order valence-electron chi connectivity index (χ4n) is 5.04. The van der Waals surface area contributed by atoms with Gasteiger partial charge in [0, 0.05) is 38.2 Å². The van der Waals surface area contributed by atoms with E-state index in [1.807, 2.05) is 30.3 Å². The fourth-order valence-corrected chi connectivity index (χ4v) is 5.04. The average molecular weight is 444 g/mol. The van der Waals surface area contributed by atoms with E-state index >= 15 is 0 Å². The second-order valence-electron chi connectivity index (χ2n) is 9.39. The number of likely N-dealkylation sites (tertiary alicyclic amines) is 1. The van der Waals surface area contributed by atoms with Crippen molar-refractivity contribution in [2.45, 2.75) is 56.8 Å². The number of amides is 1. The van der Waals surface area contributed by atoms with Crippen molar-refractivity contribution in [2.24, 2.45) is 0 Å². The number of aryl methyl sites for hydroxylation is 1. The molecule has 4 nitrogen and oxygen atoms in total. The van der Waals surface area contributed by atoms with Gasteiger partial charge in [0.25, 0.3) is 0 Å². The lowest BCUT2D eigenvalue weighted by Gasteiger charge is -2.37. The number of benzene rings is 2. The van der Waals surface area contributed by atoms with Gasteiger partial charge < -0.3 is 4.74 Å². The second-order valence-corrected chi connectivity index (χ2v) is 9.39. The smallest absolute Gasteiger partial charge is 0.416 e. The van der Waals surface area contributed by atoms with E-state index in [-0.39, 0.29) is 6.09 Å². The van der Waals surface area contributed by atoms with Gasteiger partial charge in [-0.05, 0) is 60.6 Å². The lowest BCUT2D eigenvalue weighted by Crippen LogP contribution is -2.46. The van der Waals surface area contributed by atoms with Gasteiger partial charge in [0.05, 0.1) is 12.1 Å². The molecule has 1 aliphatic carbocycles.